The smallest absolute Gasteiger partial charge is 0.119 e. The third-order valence-electron chi connectivity index (χ3n) is 4.09. The number of benzene rings is 1. The topological polar surface area (TPSA) is 21.7 Å². The molecule has 1 saturated carbocycles. The number of hydroxylamine groups is 2. The molecule has 104 valence electrons. The molecule has 19 heavy (non-hydrogen) atoms. The van der Waals surface area contributed by atoms with Crippen LogP contribution in [0, 0.1) is 11.8 Å². The van der Waals surface area contributed by atoms with E-state index in [-0.39, 0.29) is 6.10 Å². The maximum atomic E-state index is 6.21. The van der Waals surface area contributed by atoms with Crippen molar-refractivity contribution in [1.82, 2.24) is 5.06 Å². The molecule has 1 unspecified atom stereocenters. The summed E-state index contributed by atoms with van der Waals surface area (Å²) in [5, 5.41) is 2.15. The molecule has 0 N–H and O–H groups in total. The summed E-state index contributed by atoms with van der Waals surface area (Å²) < 4.78 is 6.21. The van der Waals surface area contributed by atoms with Crippen molar-refractivity contribution in [2.24, 2.45) is 11.8 Å². The van der Waals surface area contributed by atoms with Crippen molar-refractivity contribution in [3.8, 4) is 5.75 Å². The molecular formula is C16H23NO2. The number of para-hydroxylation sites is 1. The Hall–Kier alpha value is -1.06. The summed E-state index contributed by atoms with van der Waals surface area (Å²) in [6.07, 6.45) is 3.17. The Balaban J connectivity index is 1.63. The molecule has 0 amide bonds. The predicted molar refractivity (Wildman–Crippen MR) is 74.9 cm³/mol. The van der Waals surface area contributed by atoms with Crippen molar-refractivity contribution in [1.29, 1.82) is 0 Å². The van der Waals surface area contributed by atoms with Gasteiger partial charge in [0.25, 0.3) is 0 Å². The highest BCUT2D eigenvalue weighted by Crippen LogP contribution is 2.39. The molecule has 2 aliphatic rings. The molecule has 1 saturated heterocycles. The SMILES string of the molecule is CC(C)ON1C[C@H]2CC[C@@H](C1)C2Oc1ccccc1. The van der Waals surface area contributed by atoms with E-state index in [2.05, 4.69) is 31.0 Å². The lowest BCUT2D eigenvalue weighted by atomic mass is 9.96. The lowest BCUT2D eigenvalue weighted by Crippen LogP contribution is -2.47. The standard InChI is InChI=1S/C16H23NO2/c1-12(2)19-17-10-13-8-9-14(11-17)16(13)18-15-6-4-3-5-7-15/h3-7,12-14,16H,8-11H2,1-2H3/t13-,14+,16?. The molecule has 0 radical (unpaired) electrons. The van der Waals surface area contributed by atoms with Crippen molar-refractivity contribution in [3.63, 3.8) is 0 Å². The Morgan fingerprint density at radius 3 is 2.26 bits per heavy atom. The van der Waals surface area contributed by atoms with E-state index in [9.17, 15) is 0 Å². The number of hydrogen-bond acceptors (Lipinski definition) is 3. The second kappa shape index (κ2) is 5.51. The average Bonchev–Trinajstić information content (AvgIpc) is 2.62. The zero-order valence-electron chi connectivity index (χ0n) is 11.8. The van der Waals surface area contributed by atoms with Gasteiger partial charge in [0.2, 0.25) is 0 Å². The van der Waals surface area contributed by atoms with E-state index in [0.29, 0.717) is 17.9 Å². The average molecular weight is 261 g/mol. The summed E-state index contributed by atoms with van der Waals surface area (Å²) in [6, 6.07) is 10.2. The third-order valence-corrected chi connectivity index (χ3v) is 4.09. The zero-order chi connectivity index (χ0) is 13.2. The molecule has 1 aliphatic carbocycles. The van der Waals surface area contributed by atoms with Crippen molar-refractivity contribution >= 4 is 0 Å². The normalized spacial score (nSPS) is 30.8. The summed E-state index contributed by atoms with van der Waals surface area (Å²) in [5.41, 5.74) is 0. The minimum atomic E-state index is 0.269. The first-order chi connectivity index (χ1) is 9.22. The van der Waals surface area contributed by atoms with Crippen LogP contribution >= 0.6 is 0 Å². The van der Waals surface area contributed by atoms with Gasteiger partial charge in [0.15, 0.2) is 0 Å². The predicted octanol–water partition coefficient (Wildman–Crippen LogP) is 3.12. The zero-order valence-corrected chi connectivity index (χ0v) is 11.8. The third kappa shape index (κ3) is 2.93. The molecule has 1 aromatic carbocycles. The Morgan fingerprint density at radius 1 is 1.05 bits per heavy atom. The first kappa shape index (κ1) is 12.9. The molecule has 1 heterocycles. The van der Waals surface area contributed by atoms with Gasteiger partial charge in [0.1, 0.15) is 11.9 Å². The van der Waals surface area contributed by atoms with E-state index in [1.165, 1.54) is 12.8 Å². The van der Waals surface area contributed by atoms with Crippen molar-refractivity contribution in [2.75, 3.05) is 13.1 Å². The molecule has 2 bridgehead atoms. The van der Waals surface area contributed by atoms with Crippen molar-refractivity contribution in [3.05, 3.63) is 30.3 Å². The second-order valence-corrected chi connectivity index (χ2v) is 5.99. The molecule has 2 fully saturated rings. The van der Waals surface area contributed by atoms with E-state index in [1.54, 1.807) is 0 Å². The number of rotatable bonds is 4. The van der Waals surface area contributed by atoms with Crippen molar-refractivity contribution < 1.29 is 9.57 Å². The van der Waals surface area contributed by atoms with Crippen LogP contribution in [0.15, 0.2) is 30.3 Å². The summed E-state index contributed by atoms with van der Waals surface area (Å²) >= 11 is 0. The van der Waals surface area contributed by atoms with Gasteiger partial charge in [0.05, 0.1) is 6.10 Å². The monoisotopic (exact) mass is 261 g/mol. The fraction of sp³-hybridized carbons (Fsp3) is 0.625. The van der Waals surface area contributed by atoms with Crippen LogP contribution in [0.4, 0.5) is 0 Å². The first-order valence-corrected chi connectivity index (χ1v) is 7.36. The van der Waals surface area contributed by atoms with E-state index in [0.717, 1.165) is 18.8 Å². The van der Waals surface area contributed by atoms with Crippen LogP contribution in [-0.2, 0) is 4.84 Å². The van der Waals surface area contributed by atoms with Gasteiger partial charge in [-0.25, -0.2) is 0 Å². The van der Waals surface area contributed by atoms with E-state index in [4.69, 9.17) is 9.57 Å². The van der Waals surface area contributed by atoms with Crippen LogP contribution in [0.3, 0.4) is 0 Å². The Labute approximate surface area is 115 Å². The fourth-order valence-corrected chi connectivity index (χ4v) is 3.36. The fourth-order valence-electron chi connectivity index (χ4n) is 3.36. The van der Waals surface area contributed by atoms with E-state index in [1.807, 2.05) is 18.2 Å². The number of hydrogen-bond donors (Lipinski definition) is 0. The lowest BCUT2D eigenvalue weighted by Gasteiger charge is -2.37. The van der Waals surface area contributed by atoms with E-state index < -0.39 is 0 Å². The largest absolute Gasteiger partial charge is 0.490 e. The highest BCUT2D eigenvalue weighted by Gasteiger charge is 2.44. The Bertz CT molecular complexity index is 392. The van der Waals surface area contributed by atoms with Crippen LogP contribution in [-0.4, -0.2) is 30.4 Å². The lowest BCUT2D eigenvalue weighted by molar-refractivity contribution is -0.217. The number of fused-ring (bicyclic) bond motifs is 2. The van der Waals surface area contributed by atoms with E-state index >= 15 is 0 Å². The summed E-state index contributed by atoms with van der Waals surface area (Å²) in [4.78, 5) is 5.85. The molecule has 3 nitrogen and oxygen atoms in total. The molecule has 0 aromatic heterocycles. The molecular weight excluding hydrogens is 238 g/mol. The van der Waals surface area contributed by atoms with Gasteiger partial charge in [-0.05, 0) is 38.8 Å². The maximum Gasteiger partial charge on any atom is 0.119 e. The van der Waals surface area contributed by atoms with Crippen LogP contribution in [0.5, 0.6) is 5.75 Å². The number of piperidine rings is 1. The maximum absolute atomic E-state index is 6.21. The molecule has 3 atom stereocenters. The number of nitrogens with zero attached hydrogens (tertiary/aromatic N) is 1. The molecule has 1 aliphatic heterocycles. The first-order valence-electron chi connectivity index (χ1n) is 7.36. The molecule has 3 heteroatoms. The van der Waals surface area contributed by atoms with Gasteiger partial charge in [-0.2, -0.15) is 5.06 Å². The number of ether oxygens (including phenoxy) is 1. The van der Waals surface area contributed by atoms with Gasteiger partial charge in [0, 0.05) is 24.9 Å². The summed E-state index contributed by atoms with van der Waals surface area (Å²) in [7, 11) is 0. The van der Waals surface area contributed by atoms with Gasteiger partial charge in [-0.1, -0.05) is 18.2 Å². The Morgan fingerprint density at radius 2 is 1.68 bits per heavy atom. The van der Waals surface area contributed by atoms with Gasteiger partial charge >= 0.3 is 0 Å². The molecule has 0 spiro atoms. The van der Waals surface area contributed by atoms with Crippen LogP contribution in [0.25, 0.3) is 0 Å². The minimum Gasteiger partial charge on any atom is -0.490 e. The highest BCUT2D eigenvalue weighted by atomic mass is 16.7. The Kier molecular flexibility index (Phi) is 3.76. The summed E-state index contributed by atoms with van der Waals surface area (Å²) in [5.74, 6) is 2.22. The molecule has 1 aromatic rings. The van der Waals surface area contributed by atoms with Gasteiger partial charge in [-0.15, -0.1) is 0 Å². The van der Waals surface area contributed by atoms with Crippen LogP contribution in [0.1, 0.15) is 26.7 Å². The minimum absolute atomic E-state index is 0.269. The quantitative estimate of drug-likeness (QED) is 0.831. The highest BCUT2D eigenvalue weighted by molar-refractivity contribution is 5.21. The van der Waals surface area contributed by atoms with Crippen molar-refractivity contribution in [2.45, 2.75) is 38.9 Å². The van der Waals surface area contributed by atoms with Gasteiger partial charge in [-0.3, -0.25) is 4.84 Å². The van der Waals surface area contributed by atoms with Crippen LogP contribution < -0.4 is 4.74 Å². The second-order valence-electron chi connectivity index (χ2n) is 5.99. The van der Waals surface area contributed by atoms with Crippen LogP contribution in [0.2, 0.25) is 0 Å². The summed E-state index contributed by atoms with van der Waals surface area (Å²) in [6.45, 7) is 6.20. The van der Waals surface area contributed by atoms with Gasteiger partial charge < -0.3 is 4.74 Å². The molecule has 3 rings (SSSR count).